The summed E-state index contributed by atoms with van der Waals surface area (Å²) in [5, 5.41) is 0. The molecule has 2 rings (SSSR count). The highest BCUT2D eigenvalue weighted by Crippen LogP contribution is 2.31. The molecule has 2 aliphatic rings. The van der Waals surface area contributed by atoms with Gasteiger partial charge in [-0.25, -0.2) is 0 Å². The molecule has 2 aliphatic heterocycles. The SMILES string of the molecule is CCC1CCN(C2CCSC2)C(CN)C1. The summed E-state index contributed by atoms with van der Waals surface area (Å²) in [6.07, 6.45) is 5.46. The average molecular weight is 228 g/mol. The molecule has 0 aromatic rings. The zero-order valence-corrected chi connectivity index (χ0v) is 10.6. The Hall–Kier alpha value is 0.270. The molecule has 0 aromatic heterocycles. The van der Waals surface area contributed by atoms with Crippen molar-refractivity contribution in [3.8, 4) is 0 Å². The molecule has 2 nitrogen and oxygen atoms in total. The fraction of sp³-hybridized carbons (Fsp3) is 1.00. The summed E-state index contributed by atoms with van der Waals surface area (Å²) < 4.78 is 0. The van der Waals surface area contributed by atoms with Crippen LogP contribution in [0.5, 0.6) is 0 Å². The van der Waals surface area contributed by atoms with Crippen LogP contribution in [0.4, 0.5) is 0 Å². The van der Waals surface area contributed by atoms with Crippen LogP contribution in [0, 0.1) is 5.92 Å². The van der Waals surface area contributed by atoms with E-state index >= 15 is 0 Å². The third kappa shape index (κ3) is 2.69. The van der Waals surface area contributed by atoms with Crippen LogP contribution in [0.3, 0.4) is 0 Å². The van der Waals surface area contributed by atoms with Gasteiger partial charge in [-0.3, -0.25) is 4.90 Å². The van der Waals surface area contributed by atoms with E-state index in [0.29, 0.717) is 6.04 Å². The van der Waals surface area contributed by atoms with Crippen LogP contribution in [0.15, 0.2) is 0 Å². The Morgan fingerprint density at radius 3 is 2.87 bits per heavy atom. The Kier molecular flexibility index (Phi) is 4.35. The molecule has 0 aromatic carbocycles. The van der Waals surface area contributed by atoms with Gasteiger partial charge in [0.15, 0.2) is 0 Å². The Bertz CT molecular complexity index is 192. The maximum atomic E-state index is 5.93. The summed E-state index contributed by atoms with van der Waals surface area (Å²) in [6.45, 7) is 4.47. The van der Waals surface area contributed by atoms with Crippen molar-refractivity contribution in [2.24, 2.45) is 11.7 Å². The van der Waals surface area contributed by atoms with E-state index in [0.717, 1.165) is 18.5 Å². The Balaban J connectivity index is 1.92. The Morgan fingerprint density at radius 1 is 1.40 bits per heavy atom. The van der Waals surface area contributed by atoms with Crippen molar-refractivity contribution in [2.45, 2.75) is 44.7 Å². The second-order valence-electron chi connectivity index (χ2n) is 4.94. The summed E-state index contributed by atoms with van der Waals surface area (Å²) in [7, 11) is 0. The number of nitrogens with two attached hydrogens (primary N) is 1. The van der Waals surface area contributed by atoms with Crippen molar-refractivity contribution < 1.29 is 0 Å². The number of hydrogen-bond donors (Lipinski definition) is 1. The number of piperidine rings is 1. The second kappa shape index (κ2) is 5.55. The minimum atomic E-state index is 0.674. The van der Waals surface area contributed by atoms with Crippen molar-refractivity contribution in [2.75, 3.05) is 24.6 Å². The monoisotopic (exact) mass is 228 g/mol. The molecule has 2 fully saturated rings. The molecule has 2 heterocycles. The first-order valence-electron chi connectivity index (χ1n) is 6.38. The molecule has 0 radical (unpaired) electrons. The number of thioether (sulfide) groups is 1. The van der Waals surface area contributed by atoms with Crippen LogP contribution in [0.25, 0.3) is 0 Å². The van der Waals surface area contributed by atoms with Gasteiger partial charge < -0.3 is 5.73 Å². The summed E-state index contributed by atoms with van der Waals surface area (Å²) in [6, 6.07) is 1.51. The maximum absolute atomic E-state index is 5.93. The van der Waals surface area contributed by atoms with Gasteiger partial charge in [-0.05, 0) is 37.5 Å². The molecule has 3 atom stereocenters. The average Bonchev–Trinajstić information content (AvgIpc) is 2.81. The minimum absolute atomic E-state index is 0.674. The van der Waals surface area contributed by atoms with E-state index < -0.39 is 0 Å². The van der Waals surface area contributed by atoms with Gasteiger partial charge in [-0.15, -0.1) is 0 Å². The molecule has 2 saturated heterocycles. The van der Waals surface area contributed by atoms with Gasteiger partial charge in [0.05, 0.1) is 0 Å². The third-order valence-corrected chi connectivity index (χ3v) is 5.24. The van der Waals surface area contributed by atoms with Crippen LogP contribution in [-0.2, 0) is 0 Å². The number of likely N-dealkylation sites (tertiary alicyclic amines) is 1. The van der Waals surface area contributed by atoms with Gasteiger partial charge in [-0.1, -0.05) is 13.3 Å². The molecule has 3 unspecified atom stereocenters. The predicted molar refractivity (Wildman–Crippen MR) is 68.3 cm³/mol. The zero-order chi connectivity index (χ0) is 10.7. The predicted octanol–water partition coefficient (Wildman–Crippen LogP) is 1.94. The molecule has 0 saturated carbocycles. The van der Waals surface area contributed by atoms with E-state index in [4.69, 9.17) is 5.73 Å². The van der Waals surface area contributed by atoms with Crippen LogP contribution >= 0.6 is 11.8 Å². The fourth-order valence-corrected chi connectivity index (χ4v) is 4.25. The molecule has 0 spiro atoms. The van der Waals surface area contributed by atoms with E-state index in [9.17, 15) is 0 Å². The van der Waals surface area contributed by atoms with Crippen molar-refractivity contribution in [1.82, 2.24) is 4.90 Å². The fourth-order valence-electron chi connectivity index (χ4n) is 3.02. The van der Waals surface area contributed by atoms with E-state index in [-0.39, 0.29) is 0 Å². The molecule has 15 heavy (non-hydrogen) atoms. The summed E-state index contributed by atoms with van der Waals surface area (Å²) in [5.74, 6) is 3.63. The molecule has 0 aliphatic carbocycles. The number of rotatable bonds is 3. The lowest BCUT2D eigenvalue weighted by atomic mass is 9.88. The van der Waals surface area contributed by atoms with Gasteiger partial charge in [0.25, 0.3) is 0 Å². The third-order valence-electron chi connectivity index (χ3n) is 4.09. The smallest absolute Gasteiger partial charge is 0.0224 e. The number of nitrogens with zero attached hydrogens (tertiary/aromatic N) is 1. The van der Waals surface area contributed by atoms with Crippen LogP contribution < -0.4 is 5.73 Å². The lowest BCUT2D eigenvalue weighted by Gasteiger charge is -2.42. The lowest BCUT2D eigenvalue weighted by Crippen LogP contribution is -2.51. The Morgan fingerprint density at radius 2 is 2.27 bits per heavy atom. The lowest BCUT2D eigenvalue weighted by molar-refractivity contribution is 0.0804. The van der Waals surface area contributed by atoms with Gasteiger partial charge in [-0.2, -0.15) is 11.8 Å². The van der Waals surface area contributed by atoms with E-state index in [2.05, 4.69) is 23.6 Å². The second-order valence-corrected chi connectivity index (χ2v) is 6.09. The molecule has 0 amide bonds. The van der Waals surface area contributed by atoms with Crippen molar-refractivity contribution in [3.05, 3.63) is 0 Å². The zero-order valence-electron chi connectivity index (χ0n) is 9.82. The minimum Gasteiger partial charge on any atom is -0.329 e. The molecule has 88 valence electrons. The highest BCUT2D eigenvalue weighted by atomic mass is 32.2. The molecular formula is C12H24N2S. The number of hydrogen-bond acceptors (Lipinski definition) is 3. The van der Waals surface area contributed by atoms with Crippen LogP contribution in [-0.4, -0.2) is 41.6 Å². The highest BCUT2D eigenvalue weighted by Gasteiger charge is 2.32. The highest BCUT2D eigenvalue weighted by molar-refractivity contribution is 7.99. The first kappa shape index (κ1) is 11.7. The molecular weight excluding hydrogens is 204 g/mol. The van der Waals surface area contributed by atoms with Crippen LogP contribution in [0.1, 0.15) is 32.6 Å². The Labute approximate surface area is 98.0 Å². The standard InChI is InChI=1S/C12H24N2S/c1-2-10-3-5-14(12(7-10)8-13)11-4-6-15-9-11/h10-12H,2-9,13H2,1H3. The van der Waals surface area contributed by atoms with Crippen LogP contribution in [0.2, 0.25) is 0 Å². The van der Waals surface area contributed by atoms with Gasteiger partial charge >= 0.3 is 0 Å². The van der Waals surface area contributed by atoms with Crippen molar-refractivity contribution >= 4 is 11.8 Å². The van der Waals surface area contributed by atoms with Gasteiger partial charge in [0, 0.05) is 24.4 Å². The largest absolute Gasteiger partial charge is 0.329 e. The first-order chi connectivity index (χ1) is 7.35. The normalized spacial score (nSPS) is 38.4. The molecule has 0 bridgehead atoms. The first-order valence-corrected chi connectivity index (χ1v) is 7.54. The van der Waals surface area contributed by atoms with E-state index in [1.54, 1.807) is 0 Å². The van der Waals surface area contributed by atoms with E-state index in [1.165, 1.54) is 43.7 Å². The summed E-state index contributed by atoms with van der Waals surface area (Å²) in [5.41, 5.74) is 5.93. The van der Waals surface area contributed by atoms with Gasteiger partial charge in [0.2, 0.25) is 0 Å². The maximum Gasteiger partial charge on any atom is 0.0224 e. The summed E-state index contributed by atoms with van der Waals surface area (Å²) >= 11 is 2.11. The summed E-state index contributed by atoms with van der Waals surface area (Å²) in [4.78, 5) is 2.71. The van der Waals surface area contributed by atoms with E-state index in [1.807, 2.05) is 0 Å². The van der Waals surface area contributed by atoms with Crippen molar-refractivity contribution in [3.63, 3.8) is 0 Å². The quantitative estimate of drug-likeness (QED) is 0.800. The molecule has 2 N–H and O–H groups in total. The van der Waals surface area contributed by atoms with Crippen molar-refractivity contribution in [1.29, 1.82) is 0 Å². The van der Waals surface area contributed by atoms with Gasteiger partial charge in [0.1, 0.15) is 0 Å². The topological polar surface area (TPSA) is 29.3 Å². The molecule has 3 heteroatoms.